The molecular weight excluding hydrogens is 404 g/mol. The van der Waals surface area contributed by atoms with Gasteiger partial charge in [0.2, 0.25) is 5.91 Å². The third-order valence-electron chi connectivity index (χ3n) is 5.90. The number of Topliss-reactive ketones (excluding diaryl/α,β-unsaturated/α-hetero) is 1. The molecule has 3 aromatic rings. The summed E-state index contributed by atoms with van der Waals surface area (Å²) in [6.45, 7) is 0. The highest BCUT2D eigenvalue weighted by atomic mass is 16.4. The molecule has 0 aliphatic heterocycles. The van der Waals surface area contributed by atoms with Crippen LogP contribution in [-0.2, 0) is 16.0 Å². The first-order valence-electron chi connectivity index (χ1n) is 10.7. The molecule has 1 fully saturated rings. The molecule has 0 spiro atoms. The van der Waals surface area contributed by atoms with Crippen molar-refractivity contribution in [1.82, 2.24) is 4.98 Å². The molecule has 1 amide bonds. The molecule has 1 aliphatic rings. The van der Waals surface area contributed by atoms with Crippen LogP contribution in [0.2, 0.25) is 0 Å². The number of hydrogen-bond acceptors (Lipinski definition) is 4. The summed E-state index contributed by atoms with van der Waals surface area (Å²) in [6, 6.07) is 20.4. The number of pyridine rings is 1. The number of aromatic nitrogens is 1. The van der Waals surface area contributed by atoms with Crippen molar-refractivity contribution in [3.05, 3.63) is 84.2 Å². The van der Waals surface area contributed by atoms with Crippen LogP contribution in [0.5, 0.6) is 0 Å². The number of carboxylic acids is 1. The largest absolute Gasteiger partial charge is 0.481 e. The average molecular weight is 428 g/mol. The number of nitrogens with one attached hydrogen (secondary N) is 1. The fraction of sp³-hybridized carbons (Fsp3) is 0.231. The van der Waals surface area contributed by atoms with E-state index in [1.165, 1.54) is 0 Å². The summed E-state index contributed by atoms with van der Waals surface area (Å²) >= 11 is 0. The van der Waals surface area contributed by atoms with Crippen molar-refractivity contribution in [2.24, 2.45) is 11.8 Å². The average Bonchev–Trinajstić information content (AvgIpc) is 3.30. The fourth-order valence-corrected chi connectivity index (χ4v) is 4.20. The highest BCUT2D eigenvalue weighted by Gasteiger charge is 2.38. The van der Waals surface area contributed by atoms with Crippen LogP contribution in [0.4, 0.5) is 5.69 Å². The first-order valence-corrected chi connectivity index (χ1v) is 10.7. The number of ketones is 1. The Hall–Kier alpha value is -3.80. The molecule has 1 aliphatic carbocycles. The van der Waals surface area contributed by atoms with Gasteiger partial charge in [-0.2, -0.15) is 0 Å². The van der Waals surface area contributed by atoms with Crippen molar-refractivity contribution in [3.63, 3.8) is 0 Å². The number of anilines is 1. The Morgan fingerprint density at radius 2 is 1.56 bits per heavy atom. The summed E-state index contributed by atoms with van der Waals surface area (Å²) in [5, 5.41) is 12.2. The normalized spacial score (nSPS) is 17.6. The molecule has 1 aromatic heterocycles. The molecule has 1 saturated carbocycles. The maximum absolute atomic E-state index is 12.7. The highest BCUT2D eigenvalue weighted by Crippen LogP contribution is 2.34. The summed E-state index contributed by atoms with van der Waals surface area (Å²) in [7, 11) is 0. The summed E-state index contributed by atoms with van der Waals surface area (Å²) in [5.41, 5.74) is 3.70. The molecule has 0 unspecified atom stereocenters. The molecule has 162 valence electrons. The molecule has 32 heavy (non-hydrogen) atoms. The number of aliphatic carboxylic acids is 1. The summed E-state index contributed by atoms with van der Waals surface area (Å²) in [4.78, 5) is 40.6. The van der Waals surface area contributed by atoms with Crippen LogP contribution in [-0.4, -0.2) is 27.8 Å². The van der Waals surface area contributed by atoms with Crippen molar-refractivity contribution in [3.8, 4) is 11.1 Å². The summed E-state index contributed by atoms with van der Waals surface area (Å²) < 4.78 is 0. The van der Waals surface area contributed by atoms with Crippen LogP contribution in [0, 0.1) is 11.8 Å². The first kappa shape index (κ1) is 21.4. The van der Waals surface area contributed by atoms with Crippen LogP contribution in [0.25, 0.3) is 11.1 Å². The third-order valence-corrected chi connectivity index (χ3v) is 5.90. The summed E-state index contributed by atoms with van der Waals surface area (Å²) in [5.74, 6) is -2.30. The van der Waals surface area contributed by atoms with Gasteiger partial charge >= 0.3 is 5.97 Å². The van der Waals surface area contributed by atoms with Gasteiger partial charge in [0.15, 0.2) is 5.78 Å². The van der Waals surface area contributed by atoms with Crippen molar-refractivity contribution in [2.75, 3.05) is 5.32 Å². The lowest BCUT2D eigenvalue weighted by Crippen LogP contribution is -2.25. The van der Waals surface area contributed by atoms with Crippen LogP contribution >= 0.6 is 0 Å². The second-order valence-electron chi connectivity index (χ2n) is 8.07. The topological polar surface area (TPSA) is 96.4 Å². The van der Waals surface area contributed by atoms with Crippen molar-refractivity contribution >= 4 is 23.3 Å². The standard InChI is InChI=1S/C26H24N2O4/c29-24(15-17-5-2-1-3-6-17)28-20-12-9-18(10-13-20)19-11-14-23(27-16-19)25(30)21-7-4-8-22(21)26(31)32/h1-3,5-6,9-14,16,21-22H,4,7-8,15H2,(H,28,29)(H,31,32)/t21-,22-/m1/s1. The minimum atomic E-state index is -0.909. The zero-order valence-corrected chi connectivity index (χ0v) is 17.5. The fourth-order valence-electron chi connectivity index (χ4n) is 4.20. The van der Waals surface area contributed by atoms with E-state index in [1.807, 2.05) is 60.7 Å². The molecule has 2 N–H and O–H groups in total. The van der Waals surface area contributed by atoms with Gasteiger partial charge in [-0.25, -0.2) is 0 Å². The van der Waals surface area contributed by atoms with Gasteiger partial charge in [0.1, 0.15) is 5.69 Å². The Labute approximate surface area is 186 Å². The molecule has 4 rings (SSSR count). The van der Waals surface area contributed by atoms with Crippen LogP contribution in [0.1, 0.15) is 35.3 Å². The van der Waals surface area contributed by atoms with Gasteiger partial charge in [-0.05, 0) is 42.2 Å². The van der Waals surface area contributed by atoms with Crippen molar-refractivity contribution < 1.29 is 19.5 Å². The second kappa shape index (κ2) is 9.56. The number of hydrogen-bond donors (Lipinski definition) is 2. The minimum absolute atomic E-state index is 0.0833. The molecule has 6 heteroatoms. The van der Waals surface area contributed by atoms with Gasteiger partial charge in [0, 0.05) is 23.4 Å². The van der Waals surface area contributed by atoms with Crippen molar-refractivity contribution in [1.29, 1.82) is 0 Å². The number of carbonyl (C=O) groups is 3. The number of nitrogens with zero attached hydrogens (tertiary/aromatic N) is 1. The molecule has 2 atom stereocenters. The Morgan fingerprint density at radius 3 is 2.22 bits per heavy atom. The van der Waals surface area contributed by atoms with Crippen LogP contribution in [0.3, 0.4) is 0 Å². The Balaban J connectivity index is 1.39. The number of benzene rings is 2. The second-order valence-corrected chi connectivity index (χ2v) is 8.07. The maximum atomic E-state index is 12.7. The van der Waals surface area contributed by atoms with Gasteiger partial charge in [-0.1, -0.05) is 55.0 Å². The lowest BCUT2D eigenvalue weighted by atomic mass is 9.90. The third kappa shape index (κ3) is 4.91. The molecule has 0 bridgehead atoms. The van der Waals surface area contributed by atoms with E-state index < -0.39 is 17.8 Å². The zero-order valence-electron chi connectivity index (χ0n) is 17.5. The first-order chi connectivity index (χ1) is 15.5. The minimum Gasteiger partial charge on any atom is -0.481 e. The van der Waals surface area contributed by atoms with Crippen LogP contribution < -0.4 is 5.32 Å². The molecule has 0 saturated heterocycles. The Kier molecular flexibility index (Phi) is 6.40. The van der Waals surface area contributed by atoms with Crippen LogP contribution in [0.15, 0.2) is 72.9 Å². The van der Waals surface area contributed by atoms with E-state index in [0.717, 1.165) is 23.1 Å². The highest BCUT2D eigenvalue weighted by molar-refractivity contribution is 5.99. The van der Waals surface area contributed by atoms with Gasteiger partial charge in [0.25, 0.3) is 0 Å². The molecule has 6 nitrogen and oxygen atoms in total. The zero-order chi connectivity index (χ0) is 22.5. The molecular formula is C26H24N2O4. The van der Waals surface area contributed by atoms with E-state index in [4.69, 9.17) is 0 Å². The number of carbonyl (C=O) groups excluding carboxylic acids is 2. The molecule has 1 heterocycles. The quantitative estimate of drug-likeness (QED) is 0.536. The lowest BCUT2D eigenvalue weighted by molar-refractivity contribution is -0.142. The van der Waals surface area contributed by atoms with Gasteiger partial charge in [0.05, 0.1) is 12.3 Å². The summed E-state index contributed by atoms with van der Waals surface area (Å²) in [6.07, 6.45) is 3.82. The van der Waals surface area contributed by atoms with Gasteiger partial charge < -0.3 is 10.4 Å². The number of carboxylic acid groups (broad SMARTS) is 1. The SMILES string of the molecule is O=C(Cc1ccccc1)Nc1ccc(-c2ccc(C(=O)[C@@H]3CCC[C@H]3C(=O)O)nc2)cc1. The monoisotopic (exact) mass is 428 g/mol. The number of rotatable bonds is 7. The van der Waals surface area contributed by atoms with E-state index in [-0.39, 0.29) is 11.7 Å². The predicted molar refractivity (Wildman–Crippen MR) is 121 cm³/mol. The Bertz CT molecular complexity index is 1110. The lowest BCUT2D eigenvalue weighted by Gasteiger charge is -2.14. The Morgan fingerprint density at radius 1 is 0.875 bits per heavy atom. The number of amides is 1. The smallest absolute Gasteiger partial charge is 0.307 e. The van der Waals surface area contributed by atoms with E-state index in [2.05, 4.69) is 10.3 Å². The van der Waals surface area contributed by atoms with Gasteiger partial charge in [-0.15, -0.1) is 0 Å². The molecule has 2 aromatic carbocycles. The van der Waals surface area contributed by atoms with Gasteiger partial charge in [-0.3, -0.25) is 19.4 Å². The predicted octanol–water partition coefficient (Wildman–Crippen LogP) is 4.61. The van der Waals surface area contributed by atoms with E-state index >= 15 is 0 Å². The maximum Gasteiger partial charge on any atom is 0.307 e. The van der Waals surface area contributed by atoms with Crippen molar-refractivity contribution in [2.45, 2.75) is 25.7 Å². The van der Waals surface area contributed by atoms with E-state index in [9.17, 15) is 19.5 Å². The van der Waals surface area contributed by atoms with E-state index in [1.54, 1.807) is 12.3 Å². The van der Waals surface area contributed by atoms with E-state index in [0.29, 0.717) is 30.6 Å². The molecule has 0 radical (unpaired) electrons.